The van der Waals surface area contributed by atoms with Crippen LogP contribution in [0, 0.1) is 0 Å². The lowest BCUT2D eigenvalue weighted by atomic mass is 10.1. The van der Waals surface area contributed by atoms with E-state index >= 15 is 0 Å². The van der Waals surface area contributed by atoms with Crippen LogP contribution in [0.25, 0.3) is 0 Å². The smallest absolute Gasteiger partial charge is 0.242 e. The number of halogens is 1. The molecule has 0 saturated carbocycles. The first-order valence-corrected chi connectivity index (χ1v) is 11.9. The number of unbranched alkanes of at least 4 members (excludes halogenated alkanes) is 1. The van der Waals surface area contributed by atoms with E-state index in [1.165, 1.54) is 0 Å². The summed E-state index contributed by atoms with van der Waals surface area (Å²) in [5, 5.41) is 3.61. The van der Waals surface area contributed by atoms with E-state index in [9.17, 15) is 9.59 Å². The van der Waals surface area contributed by atoms with Gasteiger partial charge in [0.05, 0.1) is 13.7 Å². The Bertz CT molecular complexity index is 856. The van der Waals surface area contributed by atoms with Gasteiger partial charge in [-0.15, -0.1) is 0 Å². The molecule has 0 radical (unpaired) electrons. The Morgan fingerprint density at radius 1 is 1.00 bits per heavy atom. The van der Waals surface area contributed by atoms with Gasteiger partial charge in [0.1, 0.15) is 17.5 Å². The third-order valence-electron chi connectivity index (χ3n) is 5.34. The molecule has 33 heavy (non-hydrogen) atoms. The molecule has 2 amide bonds. The molecule has 0 aliphatic heterocycles. The van der Waals surface area contributed by atoms with Gasteiger partial charge >= 0.3 is 0 Å². The van der Waals surface area contributed by atoms with Crippen LogP contribution in [0.3, 0.4) is 0 Å². The van der Waals surface area contributed by atoms with Crippen molar-refractivity contribution in [2.75, 3.05) is 20.3 Å². The van der Waals surface area contributed by atoms with Gasteiger partial charge in [0.25, 0.3) is 0 Å². The van der Waals surface area contributed by atoms with Crippen LogP contribution < -0.4 is 14.8 Å². The van der Waals surface area contributed by atoms with Crippen molar-refractivity contribution in [2.45, 2.75) is 58.5 Å². The molecular weight excluding hydrogens is 440 g/mol. The SMILES string of the molecule is CCCCNC(=O)[C@@H](CC)N(Cc1ccc(Cl)cc1)C(=O)CCCOc1ccc(OC)cc1. The molecule has 0 heterocycles. The monoisotopic (exact) mass is 474 g/mol. The van der Waals surface area contributed by atoms with Crippen molar-refractivity contribution in [3.63, 3.8) is 0 Å². The van der Waals surface area contributed by atoms with Crippen LogP contribution in [0.2, 0.25) is 5.02 Å². The number of benzene rings is 2. The van der Waals surface area contributed by atoms with Crippen LogP contribution in [0.15, 0.2) is 48.5 Å². The Kier molecular flexibility index (Phi) is 11.6. The molecule has 0 aromatic heterocycles. The van der Waals surface area contributed by atoms with E-state index in [0.717, 1.165) is 29.9 Å². The fourth-order valence-electron chi connectivity index (χ4n) is 3.44. The van der Waals surface area contributed by atoms with Crippen LogP contribution >= 0.6 is 11.6 Å². The fraction of sp³-hybridized carbons (Fsp3) is 0.462. The van der Waals surface area contributed by atoms with Crippen molar-refractivity contribution < 1.29 is 19.1 Å². The minimum Gasteiger partial charge on any atom is -0.497 e. The van der Waals surface area contributed by atoms with E-state index in [1.54, 1.807) is 24.1 Å². The molecule has 1 N–H and O–H groups in total. The molecule has 0 aliphatic rings. The number of ether oxygens (including phenoxy) is 2. The average molecular weight is 475 g/mol. The van der Waals surface area contributed by atoms with Gasteiger partial charge in [0.2, 0.25) is 11.8 Å². The molecule has 0 aliphatic carbocycles. The van der Waals surface area contributed by atoms with E-state index in [2.05, 4.69) is 12.2 Å². The van der Waals surface area contributed by atoms with E-state index < -0.39 is 6.04 Å². The number of nitrogens with zero attached hydrogens (tertiary/aromatic N) is 1. The molecule has 0 unspecified atom stereocenters. The van der Waals surface area contributed by atoms with Crippen LogP contribution in [-0.4, -0.2) is 43.0 Å². The Balaban J connectivity index is 2.00. The maximum absolute atomic E-state index is 13.2. The zero-order valence-electron chi connectivity index (χ0n) is 19.8. The lowest BCUT2D eigenvalue weighted by Gasteiger charge is -2.31. The lowest BCUT2D eigenvalue weighted by Crippen LogP contribution is -2.49. The zero-order chi connectivity index (χ0) is 24.1. The quantitative estimate of drug-likeness (QED) is 0.380. The third-order valence-corrected chi connectivity index (χ3v) is 5.60. The third kappa shape index (κ3) is 8.97. The highest BCUT2D eigenvalue weighted by Crippen LogP contribution is 2.19. The number of carbonyl (C=O) groups excluding carboxylic acids is 2. The van der Waals surface area contributed by atoms with Gasteiger partial charge in [0, 0.05) is 24.5 Å². The van der Waals surface area contributed by atoms with Crippen LogP contribution in [0.4, 0.5) is 0 Å². The van der Waals surface area contributed by atoms with E-state index in [-0.39, 0.29) is 11.8 Å². The molecule has 0 saturated heterocycles. The van der Waals surface area contributed by atoms with Crippen molar-refractivity contribution in [2.24, 2.45) is 0 Å². The molecule has 180 valence electrons. The predicted molar refractivity (Wildman–Crippen MR) is 132 cm³/mol. The summed E-state index contributed by atoms with van der Waals surface area (Å²) in [7, 11) is 1.62. The predicted octanol–water partition coefficient (Wildman–Crippen LogP) is 5.23. The first-order chi connectivity index (χ1) is 16.0. The van der Waals surface area contributed by atoms with Gasteiger partial charge in [-0.1, -0.05) is 44.0 Å². The maximum Gasteiger partial charge on any atom is 0.242 e. The molecule has 2 aromatic rings. The highest BCUT2D eigenvalue weighted by molar-refractivity contribution is 6.30. The van der Waals surface area contributed by atoms with Gasteiger partial charge in [0.15, 0.2) is 0 Å². The zero-order valence-corrected chi connectivity index (χ0v) is 20.6. The van der Waals surface area contributed by atoms with E-state index in [4.69, 9.17) is 21.1 Å². The summed E-state index contributed by atoms with van der Waals surface area (Å²) in [4.78, 5) is 27.7. The lowest BCUT2D eigenvalue weighted by molar-refractivity contribution is -0.141. The second kappa shape index (κ2) is 14.4. The molecule has 2 aromatic carbocycles. The summed E-state index contributed by atoms with van der Waals surface area (Å²) in [6, 6.07) is 14.2. The highest BCUT2D eigenvalue weighted by Gasteiger charge is 2.28. The van der Waals surface area contributed by atoms with Crippen molar-refractivity contribution in [3.8, 4) is 11.5 Å². The van der Waals surface area contributed by atoms with Gasteiger partial charge in [-0.2, -0.15) is 0 Å². The summed E-state index contributed by atoms with van der Waals surface area (Å²) in [6.07, 6.45) is 3.30. The molecular formula is C26H35ClN2O4. The molecule has 1 atom stereocenters. The Morgan fingerprint density at radius 2 is 1.67 bits per heavy atom. The number of rotatable bonds is 14. The highest BCUT2D eigenvalue weighted by atomic mass is 35.5. The molecule has 7 heteroatoms. The Hall–Kier alpha value is -2.73. The molecule has 0 bridgehead atoms. The maximum atomic E-state index is 13.2. The first kappa shape index (κ1) is 26.5. The summed E-state index contributed by atoms with van der Waals surface area (Å²) < 4.78 is 10.9. The van der Waals surface area contributed by atoms with Crippen molar-refractivity contribution in [1.29, 1.82) is 0 Å². The van der Waals surface area contributed by atoms with Crippen LogP contribution in [0.5, 0.6) is 11.5 Å². The van der Waals surface area contributed by atoms with Crippen molar-refractivity contribution in [3.05, 3.63) is 59.1 Å². The number of amides is 2. The summed E-state index contributed by atoms with van der Waals surface area (Å²) in [6.45, 7) is 5.39. The second-order valence-electron chi connectivity index (χ2n) is 7.84. The average Bonchev–Trinajstić information content (AvgIpc) is 2.83. The Morgan fingerprint density at radius 3 is 2.27 bits per heavy atom. The number of carbonyl (C=O) groups is 2. The van der Waals surface area contributed by atoms with E-state index in [0.29, 0.717) is 44.0 Å². The second-order valence-corrected chi connectivity index (χ2v) is 8.28. The Labute approximate surface area is 202 Å². The molecule has 6 nitrogen and oxygen atoms in total. The topological polar surface area (TPSA) is 67.9 Å². The van der Waals surface area contributed by atoms with Gasteiger partial charge in [-0.3, -0.25) is 9.59 Å². The minimum atomic E-state index is -0.521. The molecule has 2 rings (SSSR count). The number of hydrogen-bond donors (Lipinski definition) is 1. The first-order valence-electron chi connectivity index (χ1n) is 11.6. The van der Waals surface area contributed by atoms with Gasteiger partial charge < -0.3 is 19.7 Å². The van der Waals surface area contributed by atoms with E-state index in [1.807, 2.05) is 43.3 Å². The molecule has 0 spiro atoms. The van der Waals surface area contributed by atoms with Crippen LogP contribution in [-0.2, 0) is 16.1 Å². The van der Waals surface area contributed by atoms with Crippen molar-refractivity contribution in [1.82, 2.24) is 10.2 Å². The summed E-state index contributed by atoms with van der Waals surface area (Å²) in [5.74, 6) is 1.31. The largest absolute Gasteiger partial charge is 0.497 e. The number of hydrogen-bond acceptors (Lipinski definition) is 4. The summed E-state index contributed by atoms with van der Waals surface area (Å²) in [5.41, 5.74) is 0.932. The van der Waals surface area contributed by atoms with Crippen molar-refractivity contribution >= 4 is 23.4 Å². The minimum absolute atomic E-state index is 0.0687. The summed E-state index contributed by atoms with van der Waals surface area (Å²) >= 11 is 6.01. The number of nitrogens with one attached hydrogen (secondary N) is 1. The standard InChI is InChI=1S/C26H35ClN2O4/c1-4-6-17-28-26(31)24(5-2)29(19-20-9-11-21(27)12-10-20)25(30)8-7-18-33-23-15-13-22(32-3)14-16-23/h9-16,24H,4-8,17-19H2,1-3H3,(H,28,31)/t24-/m1/s1. The number of methoxy groups -OCH3 is 1. The normalized spacial score (nSPS) is 11.5. The van der Waals surface area contributed by atoms with Crippen LogP contribution in [0.1, 0.15) is 51.5 Å². The molecule has 0 fully saturated rings. The van der Waals surface area contributed by atoms with Gasteiger partial charge in [-0.05, 0) is 61.2 Å². The van der Waals surface area contributed by atoms with Gasteiger partial charge in [-0.25, -0.2) is 0 Å². The fourth-order valence-corrected chi connectivity index (χ4v) is 3.57.